The van der Waals surface area contributed by atoms with Gasteiger partial charge in [0.2, 0.25) is 5.91 Å². The Labute approximate surface area is 165 Å². The third-order valence-electron chi connectivity index (χ3n) is 4.76. The molecule has 2 N–H and O–H groups in total. The largest absolute Gasteiger partial charge is 0.326 e. The third-order valence-corrected chi connectivity index (χ3v) is 4.76. The number of rotatable bonds is 4. The van der Waals surface area contributed by atoms with Crippen LogP contribution >= 0.6 is 0 Å². The van der Waals surface area contributed by atoms with E-state index in [-0.39, 0.29) is 23.0 Å². The maximum Gasteiger partial charge on any atom is 0.276 e. The Hall–Kier alpha value is -3.55. The molecule has 1 aliphatic rings. The van der Waals surface area contributed by atoms with Gasteiger partial charge in [0.1, 0.15) is 17.3 Å². The number of hydrogen-bond donors (Lipinski definition) is 2. The summed E-state index contributed by atoms with van der Waals surface area (Å²) >= 11 is 0. The molecule has 3 aromatic rings. The molecule has 1 aliphatic carbocycles. The molecule has 0 aliphatic heterocycles. The summed E-state index contributed by atoms with van der Waals surface area (Å²) in [5.41, 5.74) is 2.22. The Morgan fingerprint density at radius 1 is 1.03 bits per heavy atom. The van der Waals surface area contributed by atoms with Crippen molar-refractivity contribution in [3.05, 3.63) is 71.1 Å². The third kappa shape index (κ3) is 3.61. The summed E-state index contributed by atoms with van der Waals surface area (Å²) in [6.45, 7) is 1.33. The van der Waals surface area contributed by atoms with E-state index in [1.165, 1.54) is 29.8 Å². The van der Waals surface area contributed by atoms with Gasteiger partial charge in [-0.2, -0.15) is 5.10 Å². The van der Waals surface area contributed by atoms with Crippen molar-refractivity contribution in [2.45, 2.75) is 26.2 Å². The second kappa shape index (κ2) is 7.46. The van der Waals surface area contributed by atoms with E-state index in [4.69, 9.17) is 0 Å². The highest BCUT2D eigenvalue weighted by Gasteiger charge is 2.28. The van der Waals surface area contributed by atoms with E-state index in [1.54, 1.807) is 18.2 Å². The van der Waals surface area contributed by atoms with E-state index >= 15 is 0 Å². The van der Waals surface area contributed by atoms with Crippen molar-refractivity contribution in [2.75, 3.05) is 10.6 Å². The van der Waals surface area contributed by atoms with Gasteiger partial charge in [0.15, 0.2) is 5.69 Å². The number of hydrogen-bond acceptors (Lipinski definition) is 3. The molecule has 0 saturated carbocycles. The molecule has 29 heavy (non-hydrogen) atoms. The van der Waals surface area contributed by atoms with Gasteiger partial charge in [0, 0.05) is 23.9 Å². The van der Waals surface area contributed by atoms with Crippen molar-refractivity contribution in [3.63, 3.8) is 0 Å². The van der Waals surface area contributed by atoms with Gasteiger partial charge in [0.05, 0.1) is 5.69 Å². The van der Waals surface area contributed by atoms with Crippen LogP contribution in [0.3, 0.4) is 0 Å². The highest BCUT2D eigenvalue weighted by molar-refractivity contribution is 6.04. The zero-order valence-electron chi connectivity index (χ0n) is 15.6. The Morgan fingerprint density at radius 3 is 2.59 bits per heavy atom. The van der Waals surface area contributed by atoms with Crippen molar-refractivity contribution in [3.8, 4) is 5.69 Å². The fraction of sp³-hybridized carbons (Fsp3) is 0.190. The second-order valence-corrected chi connectivity index (χ2v) is 6.82. The van der Waals surface area contributed by atoms with Crippen LogP contribution in [0.25, 0.3) is 5.69 Å². The molecule has 0 atom stereocenters. The molecule has 0 bridgehead atoms. The van der Waals surface area contributed by atoms with E-state index in [2.05, 4.69) is 15.7 Å². The van der Waals surface area contributed by atoms with Crippen molar-refractivity contribution in [2.24, 2.45) is 0 Å². The van der Waals surface area contributed by atoms with Crippen LogP contribution < -0.4 is 10.6 Å². The Balaban J connectivity index is 1.68. The first-order valence-electron chi connectivity index (χ1n) is 9.18. The van der Waals surface area contributed by atoms with Crippen molar-refractivity contribution < 1.29 is 18.4 Å². The highest BCUT2D eigenvalue weighted by atomic mass is 19.1. The second-order valence-electron chi connectivity index (χ2n) is 6.82. The summed E-state index contributed by atoms with van der Waals surface area (Å²) < 4.78 is 29.9. The molecule has 4 rings (SSSR count). The van der Waals surface area contributed by atoms with Crippen LogP contribution in [-0.4, -0.2) is 21.6 Å². The topological polar surface area (TPSA) is 76.0 Å². The van der Waals surface area contributed by atoms with Gasteiger partial charge in [-0.15, -0.1) is 0 Å². The van der Waals surface area contributed by atoms with E-state index in [1.807, 2.05) is 0 Å². The van der Waals surface area contributed by atoms with E-state index < -0.39 is 17.5 Å². The van der Waals surface area contributed by atoms with Crippen LogP contribution in [0.5, 0.6) is 0 Å². The zero-order chi connectivity index (χ0) is 20.5. The van der Waals surface area contributed by atoms with Gasteiger partial charge < -0.3 is 10.6 Å². The van der Waals surface area contributed by atoms with Crippen LogP contribution in [-0.2, 0) is 17.6 Å². The monoisotopic (exact) mass is 396 g/mol. The molecular weight excluding hydrogens is 378 g/mol. The minimum atomic E-state index is -0.641. The van der Waals surface area contributed by atoms with E-state index in [0.717, 1.165) is 23.7 Å². The van der Waals surface area contributed by atoms with Crippen molar-refractivity contribution in [1.29, 1.82) is 0 Å². The molecule has 0 unspecified atom stereocenters. The Bertz CT molecular complexity index is 1120. The average Bonchev–Trinajstić information content (AvgIpc) is 3.27. The molecule has 2 aromatic carbocycles. The Morgan fingerprint density at radius 2 is 1.83 bits per heavy atom. The van der Waals surface area contributed by atoms with Gasteiger partial charge >= 0.3 is 0 Å². The van der Waals surface area contributed by atoms with Gasteiger partial charge in [-0.1, -0.05) is 12.1 Å². The van der Waals surface area contributed by atoms with Crippen LogP contribution in [0, 0.1) is 11.6 Å². The lowest BCUT2D eigenvalue weighted by Crippen LogP contribution is -2.16. The van der Waals surface area contributed by atoms with Gasteiger partial charge in [0.25, 0.3) is 5.91 Å². The molecule has 1 heterocycles. The number of halogens is 2. The molecule has 2 amide bonds. The lowest BCUT2D eigenvalue weighted by atomic mass is 10.2. The summed E-state index contributed by atoms with van der Waals surface area (Å²) in [5, 5.41) is 9.39. The molecule has 1 aromatic heterocycles. The summed E-state index contributed by atoms with van der Waals surface area (Å²) in [6.07, 6.45) is 2.14. The van der Waals surface area contributed by atoms with Crippen molar-refractivity contribution >= 4 is 23.2 Å². The maximum atomic E-state index is 14.3. The number of amides is 2. The fourth-order valence-electron chi connectivity index (χ4n) is 3.53. The molecule has 0 spiro atoms. The van der Waals surface area contributed by atoms with Gasteiger partial charge in [-0.25, -0.2) is 13.5 Å². The number of para-hydroxylation sites is 1. The van der Waals surface area contributed by atoms with Crippen LogP contribution in [0.4, 0.5) is 20.2 Å². The first kappa shape index (κ1) is 18.8. The van der Waals surface area contributed by atoms with Crippen LogP contribution in [0.2, 0.25) is 0 Å². The highest BCUT2D eigenvalue weighted by Crippen LogP contribution is 2.29. The minimum absolute atomic E-state index is 0.0755. The molecule has 8 heteroatoms. The number of benzene rings is 2. The lowest BCUT2D eigenvalue weighted by molar-refractivity contribution is -0.114. The first-order chi connectivity index (χ1) is 13.9. The fourth-order valence-corrected chi connectivity index (χ4v) is 3.53. The molecule has 0 saturated heterocycles. The lowest BCUT2D eigenvalue weighted by Gasteiger charge is -2.09. The smallest absolute Gasteiger partial charge is 0.276 e. The van der Waals surface area contributed by atoms with Crippen LogP contribution in [0.15, 0.2) is 42.5 Å². The number of nitrogens with zero attached hydrogens (tertiary/aromatic N) is 2. The number of anilines is 2. The van der Waals surface area contributed by atoms with Gasteiger partial charge in [-0.3, -0.25) is 9.59 Å². The van der Waals surface area contributed by atoms with E-state index in [0.29, 0.717) is 18.5 Å². The molecule has 0 fully saturated rings. The van der Waals surface area contributed by atoms with Crippen LogP contribution in [0.1, 0.15) is 35.1 Å². The number of fused-ring (bicyclic) bond motifs is 1. The average molecular weight is 396 g/mol. The standard InChI is InChI=1S/C21H18F2N4O2/c1-12(28)24-13-9-10-15(22)17(11-13)25-21(29)20-14-5-4-8-18(14)27(26-20)19-7-3-2-6-16(19)23/h2-3,6-7,9-11H,4-5,8H2,1H3,(H,24,28)(H,25,29). The number of carbonyl (C=O) groups is 2. The molecule has 0 radical (unpaired) electrons. The number of aromatic nitrogens is 2. The molecule has 6 nitrogen and oxygen atoms in total. The first-order valence-corrected chi connectivity index (χ1v) is 9.18. The SMILES string of the molecule is CC(=O)Nc1ccc(F)c(NC(=O)c2nn(-c3ccccc3F)c3c2CCC3)c1. The number of nitrogens with one attached hydrogen (secondary N) is 2. The zero-order valence-corrected chi connectivity index (χ0v) is 15.6. The van der Waals surface area contributed by atoms with Crippen molar-refractivity contribution in [1.82, 2.24) is 9.78 Å². The minimum Gasteiger partial charge on any atom is -0.326 e. The Kier molecular flexibility index (Phi) is 4.84. The summed E-state index contributed by atoms with van der Waals surface area (Å²) in [5.74, 6) is -1.98. The predicted octanol–water partition coefficient (Wildman–Crippen LogP) is 3.85. The molecular formula is C21H18F2N4O2. The summed E-state index contributed by atoms with van der Waals surface area (Å²) in [6, 6.07) is 10.1. The normalized spacial score (nSPS) is 12.5. The summed E-state index contributed by atoms with van der Waals surface area (Å²) in [7, 11) is 0. The molecule has 148 valence electrons. The number of carbonyl (C=O) groups excluding carboxylic acids is 2. The quantitative estimate of drug-likeness (QED) is 0.703. The van der Waals surface area contributed by atoms with Gasteiger partial charge in [-0.05, 0) is 49.6 Å². The van der Waals surface area contributed by atoms with E-state index in [9.17, 15) is 18.4 Å². The predicted molar refractivity (Wildman–Crippen MR) is 104 cm³/mol. The maximum absolute atomic E-state index is 14.3. The summed E-state index contributed by atoms with van der Waals surface area (Å²) in [4.78, 5) is 24.1.